The number of halogens is 1. The highest BCUT2D eigenvalue weighted by Gasteiger charge is 2.01. The molecule has 0 atom stereocenters. The molecule has 0 fully saturated rings. The van der Waals surface area contributed by atoms with Crippen LogP contribution in [0.25, 0.3) is 5.82 Å². The van der Waals surface area contributed by atoms with Crippen LogP contribution in [0.4, 0.5) is 5.95 Å². The zero-order chi connectivity index (χ0) is 9.26. The maximum atomic E-state index is 5.66. The summed E-state index contributed by atoms with van der Waals surface area (Å²) in [6, 6.07) is 1.57. The second-order valence-electron chi connectivity index (χ2n) is 2.25. The number of aromatic nitrogens is 5. The van der Waals surface area contributed by atoms with Crippen LogP contribution in [0.15, 0.2) is 18.7 Å². The molecule has 0 saturated carbocycles. The van der Waals surface area contributed by atoms with Crippen molar-refractivity contribution in [3.05, 3.63) is 23.9 Å². The van der Waals surface area contributed by atoms with Crippen molar-refractivity contribution in [2.45, 2.75) is 0 Å². The van der Waals surface area contributed by atoms with E-state index in [1.54, 1.807) is 6.07 Å². The van der Waals surface area contributed by atoms with Crippen LogP contribution < -0.4 is 5.73 Å². The highest BCUT2D eigenvalue weighted by atomic mass is 35.5. The van der Waals surface area contributed by atoms with E-state index in [1.807, 2.05) is 0 Å². The van der Waals surface area contributed by atoms with Gasteiger partial charge >= 0.3 is 0 Å². The van der Waals surface area contributed by atoms with Gasteiger partial charge in [0.25, 0.3) is 0 Å². The molecule has 0 bridgehead atoms. The van der Waals surface area contributed by atoms with Crippen molar-refractivity contribution in [3.63, 3.8) is 0 Å². The number of nitrogens with two attached hydrogens (primary N) is 1. The summed E-state index contributed by atoms with van der Waals surface area (Å²) >= 11 is 5.66. The van der Waals surface area contributed by atoms with Crippen LogP contribution in [0.5, 0.6) is 0 Å². The number of hydrogen-bond acceptors (Lipinski definition) is 5. The summed E-state index contributed by atoms with van der Waals surface area (Å²) in [7, 11) is 0. The molecular weight excluding hydrogens is 192 g/mol. The third kappa shape index (κ3) is 1.57. The molecule has 0 saturated heterocycles. The molecular formula is C6H5ClN6. The average molecular weight is 197 g/mol. The Morgan fingerprint density at radius 1 is 1.31 bits per heavy atom. The summed E-state index contributed by atoms with van der Waals surface area (Å²) in [5.41, 5.74) is 5.33. The highest BCUT2D eigenvalue weighted by Crippen LogP contribution is 2.07. The van der Waals surface area contributed by atoms with Crippen molar-refractivity contribution in [2.24, 2.45) is 0 Å². The van der Waals surface area contributed by atoms with E-state index in [0.29, 0.717) is 11.0 Å². The van der Waals surface area contributed by atoms with Crippen molar-refractivity contribution in [2.75, 3.05) is 5.73 Å². The smallest absolute Gasteiger partial charge is 0.239 e. The Kier molecular flexibility index (Phi) is 1.82. The van der Waals surface area contributed by atoms with Gasteiger partial charge in [0.2, 0.25) is 5.95 Å². The van der Waals surface area contributed by atoms with E-state index < -0.39 is 0 Å². The zero-order valence-corrected chi connectivity index (χ0v) is 7.18. The SMILES string of the molecule is Nc1ncn(-c2cc(Cl)ncn2)n1. The van der Waals surface area contributed by atoms with Gasteiger partial charge in [0, 0.05) is 6.07 Å². The third-order valence-electron chi connectivity index (χ3n) is 1.36. The second-order valence-corrected chi connectivity index (χ2v) is 2.63. The van der Waals surface area contributed by atoms with Gasteiger partial charge < -0.3 is 5.73 Å². The lowest BCUT2D eigenvalue weighted by atomic mass is 10.6. The number of rotatable bonds is 1. The summed E-state index contributed by atoms with van der Waals surface area (Å²) in [5, 5.41) is 4.20. The molecule has 6 nitrogen and oxygen atoms in total. The van der Waals surface area contributed by atoms with Gasteiger partial charge in [-0.25, -0.2) is 19.6 Å². The van der Waals surface area contributed by atoms with E-state index in [0.717, 1.165) is 0 Å². The Hall–Kier alpha value is -1.69. The Bertz CT molecular complexity index is 425. The van der Waals surface area contributed by atoms with Crippen molar-refractivity contribution >= 4 is 17.5 Å². The highest BCUT2D eigenvalue weighted by molar-refractivity contribution is 6.29. The predicted octanol–water partition coefficient (Wildman–Crippen LogP) is 0.293. The van der Waals surface area contributed by atoms with Gasteiger partial charge in [-0.05, 0) is 0 Å². The molecule has 2 N–H and O–H groups in total. The first-order valence-corrected chi connectivity index (χ1v) is 3.78. The van der Waals surface area contributed by atoms with Crippen LogP contribution in [0.2, 0.25) is 5.15 Å². The van der Waals surface area contributed by atoms with Crippen molar-refractivity contribution < 1.29 is 0 Å². The fourth-order valence-corrected chi connectivity index (χ4v) is 0.977. The average Bonchev–Trinajstić information content (AvgIpc) is 2.52. The van der Waals surface area contributed by atoms with Crippen LogP contribution in [0.1, 0.15) is 0 Å². The molecule has 0 unspecified atom stereocenters. The molecule has 0 aliphatic heterocycles. The van der Waals surface area contributed by atoms with E-state index >= 15 is 0 Å². The standard InChI is InChI=1S/C6H5ClN6/c7-4-1-5(10-2-9-4)13-3-11-6(8)12-13/h1-3H,(H2,8,12). The summed E-state index contributed by atoms with van der Waals surface area (Å²) in [5.74, 6) is 0.721. The molecule has 0 aliphatic rings. The monoisotopic (exact) mass is 196 g/mol. The lowest BCUT2D eigenvalue weighted by molar-refractivity contribution is 0.841. The van der Waals surface area contributed by atoms with E-state index in [4.69, 9.17) is 17.3 Å². The van der Waals surface area contributed by atoms with Gasteiger partial charge in [-0.15, -0.1) is 5.10 Å². The molecule has 7 heteroatoms. The molecule has 66 valence electrons. The Labute approximate surface area is 78.4 Å². The molecule has 2 heterocycles. The van der Waals surface area contributed by atoms with E-state index in [-0.39, 0.29) is 5.95 Å². The van der Waals surface area contributed by atoms with Crippen LogP contribution in [-0.2, 0) is 0 Å². The van der Waals surface area contributed by atoms with Crippen LogP contribution in [-0.4, -0.2) is 24.7 Å². The first-order chi connectivity index (χ1) is 6.25. The first-order valence-electron chi connectivity index (χ1n) is 3.41. The Balaban J connectivity index is 2.46. The lowest BCUT2D eigenvalue weighted by Crippen LogP contribution is -1.99. The third-order valence-corrected chi connectivity index (χ3v) is 1.57. The molecule has 2 rings (SSSR count). The number of hydrogen-bond donors (Lipinski definition) is 1. The summed E-state index contributed by atoms with van der Waals surface area (Å²) in [6.45, 7) is 0. The van der Waals surface area contributed by atoms with Crippen molar-refractivity contribution in [1.29, 1.82) is 0 Å². The Morgan fingerprint density at radius 3 is 2.77 bits per heavy atom. The second kappa shape index (κ2) is 2.98. The molecule has 0 radical (unpaired) electrons. The molecule has 0 spiro atoms. The van der Waals surface area contributed by atoms with Gasteiger partial charge in [-0.1, -0.05) is 11.6 Å². The minimum Gasteiger partial charge on any atom is -0.366 e. The predicted molar refractivity (Wildman–Crippen MR) is 46.4 cm³/mol. The quantitative estimate of drug-likeness (QED) is 0.663. The van der Waals surface area contributed by atoms with E-state index in [1.165, 1.54) is 17.3 Å². The van der Waals surface area contributed by atoms with Crippen molar-refractivity contribution in [3.8, 4) is 5.82 Å². The fourth-order valence-electron chi connectivity index (χ4n) is 0.836. The molecule has 0 aromatic carbocycles. The normalized spacial score (nSPS) is 10.2. The zero-order valence-electron chi connectivity index (χ0n) is 6.42. The minimum absolute atomic E-state index is 0.190. The summed E-state index contributed by atoms with van der Waals surface area (Å²) < 4.78 is 1.42. The minimum atomic E-state index is 0.190. The lowest BCUT2D eigenvalue weighted by Gasteiger charge is -1.96. The summed E-state index contributed by atoms with van der Waals surface area (Å²) in [4.78, 5) is 11.4. The van der Waals surface area contributed by atoms with Gasteiger partial charge in [0.15, 0.2) is 5.82 Å². The topological polar surface area (TPSA) is 82.5 Å². The maximum absolute atomic E-state index is 5.66. The number of nitrogen functional groups attached to an aromatic ring is 1. The van der Waals surface area contributed by atoms with Gasteiger partial charge in [-0.3, -0.25) is 0 Å². The van der Waals surface area contributed by atoms with Gasteiger partial charge in [0.05, 0.1) is 0 Å². The van der Waals surface area contributed by atoms with Crippen LogP contribution >= 0.6 is 11.6 Å². The molecule has 13 heavy (non-hydrogen) atoms. The first kappa shape index (κ1) is 7.93. The number of nitrogens with zero attached hydrogens (tertiary/aromatic N) is 5. The summed E-state index contributed by atoms with van der Waals surface area (Å²) in [6.07, 6.45) is 2.80. The molecule has 2 aromatic heterocycles. The largest absolute Gasteiger partial charge is 0.366 e. The van der Waals surface area contributed by atoms with Crippen LogP contribution in [0, 0.1) is 0 Å². The van der Waals surface area contributed by atoms with Crippen LogP contribution in [0.3, 0.4) is 0 Å². The Morgan fingerprint density at radius 2 is 2.15 bits per heavy atom. The maximum Gasteiger partial charge on any atom is 0.239 e. The number of anilines is 1. The van der Waals surface area contributed by atoms with E-state index in [9.17, 15) is 0 Å². The molecule has 0 amide bonds. The van der Waals surface area contributed by atoms with E-state index in [2.05, 4.69) is 20.1 Å². The van der Waals surface area contributed by atoms with Gasteiger partial charge in [0.1, 0.15) is 17.8 Å². The molecule has 2 aromatic rings. The fraction of sp³-hybridized carbons (Fsp3) is 0. The van der Waals surface area contributed by atoms with Crippen molar-refractivity contribution in [1.82, 2.24) is 24.7 Å². The van der Waals surface area contributed by atoms with Gasteiger partial charge in [-0.2, -0.15) is 0 Å². The molecule has 0 aliphatic carbocycles.